The molecule has 0 unspecified atom stereocenters. The van der Waals surface area contributed by atoms with Gasteiger partial charge in [0.1, 0.15) is 6.61 Å². The van der Waals surface area contributed by atoms with Crippen molar-refractivity contribution in [2.75, 3.05) is 13.7 Å². The summed E-state index contributed by atoms with van der Waals surface area (Å²) in [5.74, 6) is 0.598. The maximum absolute atomic E-state index is 11.2. The number of carbonyl (C=O) groups excluding carboxylic acids is 1. The third kappa shape index (κ3) is 3.14. The Labute approximate surface area is 105 Å². The van der Waals surface area contributed by atoms with Gasteiger partial charge in [-0.05, 0) is 17.7 Å². The molecule has 1 N–H and O–H groups in total. The Morgan fingerprint density at radius 3 is 3.00 bits per heavy atom. The number of carbonyl (C=O) groups is 1. The number of methoxy groups -OCH3 is 1. The Morgan fingerprint density at radius 1 is 1.50 bits per heavy atom. The van der Waals surface area contributed by atoms with Gasteiger partial charge in [-0.2, -0.15) is 5.10 Å². The largest absolute Gasteiger partial charge is 0.375 e. The molecule has 0 saturated carbocycles. The standard InChI is InChI=1S/C12H14N4O2/c1-18-9-12(17)14-8-10-3-4-11(13-7-10)16-6-2-5-15-16/h2-7H,8-9H2,1H3,(H,14,17). The van der Waals surface area contributed by atoms with Crippen molar-refractivity contribution in [1.29, 1.82) is 0 Å². The molecule has 6 nitrogen and oxygen atoms in total. The third-order valence-electron chi connectivity index (χ3n) is 2.31. The van der Waals surface area contributed by atoms with Crippen LogP contribution in [0.4, 0.5) is 0 Å². The van der Waals surface area contributed by atoms with Crippen LogP contribution < -0.4 is 5.32 Å². The van der Waals surface area contributed by atoms with E-state index in [1.807, 2.05) is 24.4 Å². The van der Waals surface area contributed by atoms with Crippen LogP contribution in [0.15, 0.2) is 36.8 Å². The molecule has 0 spiro atoms. The zero-order valence-corrected chi connectivity index (χ0v) is 10.0. The molecule has 0 bridgehead atoms. The number of ether oxygens (including phenoxy) is 1. The van der Waals surface area contributed by atoms with Crippen molar-refractivity contribution in [2.24, 2.45) is 0 Å². The second-order valence-electron chi connectivity index (χ2n) is 3.69. The van der Waals surface area contributed by atoms with E-state index in [4.69, 9.17) is 4.74 Å². The third-order valence-corrected chi connectivity index (χ3v) is 2.31. The molecule has 0 atom stereocenters. The molecule has 0 aliphatic rings. The molecule has 6 heteroatoms. The van der Waals surface area contributed by atoms with Crippen LogP contribution in [0.5, 0.6) is 0 Å². The molecule has 1 amide bonds. The molecule has 0 radical (unpaired) electrons. The molecule has 2 aromatic rings. The van der Waals surface area contributed by atoms with Crippen LogP contribution in [0, 0.1) is 0 Å². The lowest BCUT2D eigenvalue weighted by atomic mass is 10.3. The highest BCUT2D eigenvalue weighted by atomic mass is 16.5. The van der Waals surface area contributed by atoms with Gasteiger partial charge in [-0.3, -0.25) is 4.79 Å². The number of hydrogen-bond acceptors (Lipinski definition) is 4. The number of amides is 1. The van der Waals surface area contributed by atoms with Crippen molar-refractivity contribution in [3.8, 4) is 5.82 Å². The summed E-state index contributed by atoms with van der Waals surface area (Å²) in [6.07, 6.45) is 5.23. The van der Waals surface area contributed by atoms with Crippen LogP contribution in [0.3, 0.4) is 0 Å². The number of rotatable bonds is 5. The Morgan fingerprint density at radius 2 is 2.39 bits per heavy atom. The topological polar surface area (TPSA) is 69.0 Å². The number of aromatic nitrogens is 3. The van der Waals surface area contributed by atoms with E-state index >= 15 is 0 Å². The summed E-state index contributed by atoms with van der Waals surface area (Å²) in [4.78, 5) is 15.5. The molecule has 0 saturated heterocycles. The molecule has 18 heavy (non-hydrogen) atoms. The first kappa shape index (κ1) is 12.3. The van der Waals surface area contributed by atoms with E-state index in [0.29, 0.717) is 6.54 Å². The minimum atomic E-state index is -0.145. The fourth-order valence-electron chi connectivity index (χ4n) is 1.44. The first-order valence-electron chi connectivity index (χ1n) is 5.50. The summed E-state index contributed by atoms with van der Waals surface area (Å²) in [5, 5.41) is 6.81. The van der Waals surface area contributed by atoms with Crippen molar-refractivity contribution in [3.05, 3.63) is 42.4 Å². The smallest absolute Gasteiger partial charge is 0.246 e. The lowest BCUT2D eigenvalue weighted by Crippen LogP contribution is -2.26. The van der Waals surface area contributed by atoms with Crippen molar-refractivity contribution in [3.63, 3.8) is 0 Å². The zero-order chi connectivity index (χ0) is 12.8. The van der Waals surface area contributed by atoms with E-state index in [9.17, 15) is 4.79 Å². The van der Waals surface area contributed by atoms with Crippen LogP contribution in [0.25, 0.3) is 5.82 Å². The van der Waals surface area contributed by atoms with E-state index in [2.05, 4.69) is 15.4 Å². The zero-order valence-electron chi connectivity index (χ0n) is 10.0. The highest BCUT2D eigenvalue weighted by molar-refractivity contribution is 5.77. The number of nitrogens with one attached hydrogen (secondary N) is 1. The van der Waals surface area contributed by atoms with Crippen LogP contribution in [0.2, 0.25) is 0 Å². The molecule has 94 valence electrons. The fraction of sp³-hybridized carbons (Fsp3) is 0.250. The summed E-state index contributed by atoms with van der Waals surface area (Å²) in [5.41, 5.74) is 0.926. The van der Waals surface area contributed by atoms with E-state index < -0.39 is 0 Å². The first-order valence-corrected chi connectivity index (χ1v) is 5.50. The summed E-state index contributed by atoms with van der Waals surface area (Å²) >= 11 is 0. The number of pyridine rings is 1. The minimum Gasteiger partial charge on any atom is -0.375 e. The molecule has 2 heterocycles. The van der Waals surface area contributed by atoms with Gasteiger partial charge in [-0.1, -0.05) is 6.07 Å². The molecular weight excluding hydrogens is 232 g/mol. The van der Waals surface area contributed by atoms with E-state index in [1.165, 1.54) is 7.11 Å². The minimum absolute atomic E-state index is 0.0683. The van der Waals surface area contributed by atoms with Gasteiger partial charge < -0.3 is 10.1 Å². The van der Waals surface area contributed by atoms with Gasteiger partial charge in [0.2, 0.25) is 5.91 Å². The summed E-state index contributed by atoms with van der Waals surface area (Å²) in [7, 11) is 1.49. The van der Waals surface area contributed by atoms with Crippen LogP contribution in [-0.2, 0) is 16.1 Å². The van der Waals surface area contributed by atoms with Crippen molar-refractivity contribution in [2.45, 2.75) is 6.54 Å². The summed E-state index contributed by atoms with van der Waals surface area (Å²) in [6.45, 7) is 0.507. The molecule has 0 fully saturated rings. The maximum Gasteiger partial charge on any atom is 0.246 e. The molecule has 0 aliphatic carbocycles. The Balaban J connectivity index is 1.94. The van der Waals surface area contributed by atoms with E-state index in [-0.39, 0.29) is 12.5 Å². The SMILES string of the molecule is COCC(=O)NCc1ccc(-n2cccn2)nc1. The van der Waals surface area contributed by atoms with E-state index in [1.54, 1.807) is 17.1 Å². The van der Waals surface area contributed by atoms with Crippen LogP contribution in [-0.4, -0.2) is 34.4 Å². The average molecular weight is 246 g/mol. The Hall–Kier alpha value is -2.21. The van der Waals surface area contributed by atoms with Crippen LogP contribution >= 0.6 is 0 Å². The van der Waals surface area contributed by atoms with E-state index in [0.717, 1.165) is 11.4 Å². The monoisotopic (exact) mass is 246 g/mol. The highest BCUT2D eigenvalue weighted by Crippen LogP contribution is 2.04. The second-order valence-corrected chi connectivity index (χ2v) is 3.69. The van der Waals surface area contributed by atoms with Gasteiger partial charge in [-0.25, -0.2) is 9.67 Å². The number of nitrogens with zero attached hydrogens (tertiary/aromatic N) is 3. The van der Waals surface area contributed by atoms with Crippen molar-refractivity contribution < 1.29 is 9.53 Å². The predicted octanol–water partition coefficient (Wildman–Crippen LogP) is 0.530. The van der Waals surface area contributed by atoms with Crippen LogP contribution in [0.1, 0.15) is 5.56 Å². The van der Waals surface area contributed by atoms with Gasteiger partial charge >= 0.3 is 0 Å². The van der Waals surface area contributed by atoms with Gasteiger partial charge in [0, 0.05) is 32.2 Å². The van der Waals surface area contributed by atoms with Gasteiger partial charge in [0.25, 0.3) is 0 Å². The maximum atomic E-state index is 11.2. The summed E-state index contributed by atoms with van der Waals surface area (Å²) < 4.78 is 6.39. The molecule has 2 rings (SSSR count). The summed E-state index contributed by atoms with van der Waals surface area (Å²) in [6, 6.07) is 5.59. The second kappa shape index (κ2) is 5.92. The first-order chi connectivity index (χ1) is 8.79. The molecule has 0 aromatic carbocycles. The van der Waals surface area contributed by atoms with Crippen molar-refractivity contribution >= 4 is 5.91 Å². The lowest BCUT2D eigenvalue weighted by molar-refractivity contribution is -0.124. The Kier molecular flexibility index (Phi) is 4.03. The highest BCUT2D eigenvalue weighted by Gasteiger charge is 2.01. The lowest BCUT2D eigenvalue weighted by Gasteiger charge is -2.05. The quantitative estimate of drug-likeness (QED) is 0.835. The molecule has 2 aromatic heterocycles. The Bertz CT molecular complexity index is 493. The van der Waals surface area contributed by atoms with Gasteiger partial charge in [0.15, 0.2) is 5.82 Å². The molecular formula is C12H14N4O2. The van der Waals surface area contributed by atoms with Crippen molar-refractivity contribution in [1.82, 2.24) is 20.1 Å². The molecule has 0 aliphatic heterocycles. The average Bonchev–Trinajstić information content (AvgIpc) is 2.91. The number of hydrogen-bond donors (Lipinski definition) is 1. The fourth-order valence-corrected chi connectivity index (χ4v) is 1.44. The van der Waals surface area contributed by atoms with Gasteiger partial charge in [0.05, 0.1) is 0 Å². The predicted molar refractivity (Wildman–Crippen MR) is 65.1 cm³/mol. The normalized spacial score (nSPS) is 10.3. The van der Waals surface area contributed by atoms with Gasteiger partial charge in [-0.15, -0.1) is 0 Å².